The van der Waals surface area contributed by atoms with Crippen LogP contribution in [0.15, 0.2) is 46.9 Å². The van der Waals surface area contributed by atoms with Crippen LogP contribution in [0.4, 0.5) is 5.13 Å². The number of aromatic nitrogens is 1. The fraction of sp³-hybridized carbons (Fsp3) is 0. The van der Waals surface area contributed by atoms with Crippen molar-refractivity contribution in [3.8, 4) is 0 Å². The summed E-state index contributed by atoms with van der Waals surface area (Å²) >= 11 is 10.8. The van der Waals surface area contributed by atoms with Crippen LogP contribution in [0.3, 0.4) is 0 Å². The lowest BCUT2D eigenvalue weighted by Crippen LogP contribution is -2.12. The second-order valence-corrected chi connectivity index (χ2v) is 6.42. The van der Waals surface area contributed by atoms with Gasteiger partial charge in [-0.15, -0.1) is 0 Å². The summed E-state index contributed by atoms with van der Waals surface area (Å²) in [5.74, 6) is -0.262. The van der Waals surface area contributed by atoms with Gasteiger partial charge in [0.25, 0.3) is 5.91 Å². The van der Waals surface area contributed by atoms with E-state index in [0.717, 1.165) is 14.7 Å². The van der Waals surface area contributed by atoms with Gasteiger partial charge in [0.2, 0.25) is 0 Å². The number of nitrogens with zero attached hydrogens (tertiary/aromatic N) is 1. The zero-order chi connectivity index (χ0) is 14.1. The van der Waals surface area contributed by atoms with Crippen LogP contribution in [0.2, 0.25) is 5.02 Å². The summed E-state index contributed by atoms with van der Waals surface area (Å²) in [5, 5.41) is 3.74. The Morgan fingerprint density at radius 2 is 2.05 bits per heavy atom. The molecule has 1 amide bonds. The number of hydrogen-bond donors (Lipinski definition) is 1. The molecule has 1 aromatic heterocycles. The molecule has 0 spiro atoms. The third-order valence-electron chi connectivity index (χ3n) is 2.69. The van der Waals surface area contributed by atoms with Crippen molar-refractivity contribution in [1.29, 1.82) is 0 Å². The Kier molecular flexibility index (Phi) is 3.74. The molecule has 0 bridgehead atoms. The van der Waals surface area contributed by atoms with Gasteiger partial charge in [0.1, 0.15) is 0 Å². The molecule has 3 rings (SSSR count). The molecule has 6 heteroatoms. The van der Waals surface area contributed by atoms with Crippen LogP contribution in [0.1, 0.15) is 10.4 Å². The number of benzene rings is 2. The van der Waals surface area contributed by atoms with Gasteiger partial charge in [0, 0.05) is 4.47 Å². The van der Waals surface area contributed by atoms with E-state index in [1.54, 1.807) is 18.2 Å². The Labute approximate surface area is 132 Å². The van der Waals surface area contributed by atoms with Crippen LogP contribution in [-0.2, 0) is 0 Å². The number of nitrogens with one attached hydrogen (secondary N) is 1. The summed E-state index contributed by atoms with van der Waals surface area (Å²) in [4.78, 5) is 16.5. The number of anilines is 1. The maximum atomic E-state index is 12.2. The Morgan fingerprint density at radius 3 is 2.80 bits per heavy atom. The minimum Gasteiger partial charge on any atom is -0.298 e. The summed E-state index contributed by atoms with van der Waals surface area (Å²) < 4.78 is 1.86. The number of fused-ring (bicyclic) bond motifs is 1. The Hall–Kier alpha value is -1.43. The predicted molar refractivity (Wildman–Crippen MR) is 86.7 cm³/mol. The molecule has 1 N–H and O–H groups in total. The SMILES string of the molecule is O=C(Nc1nc2ccccc2s1)c1ccc(Br)cc1Cl. The minimum atomic E-state index is -0.262. The highest BCUT2D eigenvalue weighted by atomic mass is 79.9. The van der Waals surface area contributed by atoms with Crippen molar-refractivity contribution in [2.45, 2.75) is 0 Å². The third-order valence-corrected chi connectivity index (χ3v) is 4.45. The first-order valence-corrected chi connectivity index (χ1v) is 7.74. The van der Waals surface area contributed by atoms with Gasteiger partial charge < -0.3 is 0 Å². The van der Waals surface area contributed by atoms with Gasteiger partial charge in [-0.25, -0.2) is 4.98 Å². The number of halogens is 2. The van der Waals surface area contributed by atoms with E-state index < -0.39 is 0 Å². The fourth-order valence-corrected chi connectivity index (χ4v) is 3.38. The monoisotopic (exact) mass is 366 g/mol. The molecule has 100 valence electrons. The van der Waals surface area contributed by atoms with Gasteiger partial charge in [-0.1, -0.05) is 51.0 Å². The van der Waals surface area contributed by atoms with Crippen molar-refractivity contribution < 1.29 is 4.79 Å². The molecule has 0 fully saturated rings. The molecule has 0 aliphatic carbocycles. The molecular weight excluding hydrogens is 360 g/mol. The predicted octanol–water partition coefficient (Wildman–Crippen LogP) is 4.96. The van der Waals surface area contributed by atoms with E-state index in [0.29, 0.717) is 15.7 Å². The summed E-state index contributed by atoms with van der Waals surface area (Å²) in [5.41, 5.74) is 1.30. The smallest absolute Gasteiger partial charge is 0.258 e. The first kappa shape index (κ1) is 13.5. The second-order valence-electron chi connectivity index (χ2n) is 4.07. The molecule has 0 atom stereocenters. The quantitative estimate of drug-likeness (QED) is 0.695. The van der Waals surface area contributed by atoms with Gasteiger partial charge in [-0.3, -0.25) is 10.1 Å². The van der Waals surface area contributed by atoms with Crippen LogP contribution >= 0.6 is 38.9 Å². The maximum Gasteiger partial charge on any atom is 0.258 e. The molecule has 0 aliphatic rings. The zero-order valence-corrected chi connectivity index (χ0v) is 13.2. The van der Waals surface area contributed by atoms with E-state index in [2.05, 4.69) is 26.2 Å². The lowest BCUT2D eigenvalue weighted by Gasteiger charge is -2.04. The standard InChI is InChI=1S/C14H8BrClN2OS/c15-8-5-6-9(10(16)7-8)13(19)18-14-17-11-3-1-2-4-12(11)20-14/h1-7H,(H,17,18,19). The van der Waals surface area contributed by atoms with E-state index in [1.807, 2.05) is 24.3 Å². The molecule has 1 heterocycles. The molecule has 0 radical (unpaired) electrons. The third kappa shape index (κ3) is 2.70. The first-order chi connectivity index (χ1) is 9.63. The molecule has 0 saturated carbocycles. The normalized spacial score (nSPS) is 10.7. The van der Waals surface area contributed by atoms with Crippen LogP contribution in [0.25, 0.3) is 10.2 Å². The highest BCUT2D eigenvalue weighted by molar-refractivity contribution is 9.10. The van der Waals surface area contributed by atoms with E-state index in [4.69, 9.17) is 11.6 Å². The fourth-order valence-electron chi connectivity index (χ4n) is 1.76. The van der Waals surface area contributed by atoms with Crippen molar-refractivity contribution in [2.75, 3.05) is 5.32 Å². The van der Waals surface area contributed by atoms with Crippen LogP contribution < -0.4 is 5.32 Å². The summed E-state index contributed by atoms with van der Waals surface area (Å²) in [7, 11) is 0. The molecular formula is C14H8BrClN2OS. The van der Waals surface area contributed by atoms with Crippen LogP contribution in [0.5, 0.6) is 0 Å². The Bertz CT molecular complexity index is 770. The molecule has 3 nitrogen and oxygen atoms in total. The number of carbonyl (C=O) groups excluding carboxylic acids is 1. The molecule has 0 aliphatic heterocycles. The van der Waals surface area contributed by atoms with Crippen LogP contribution in [0, 0.1) is 0 Å². The molecule has 20 heavy (non-hydrogen) atoms. The molecule has 0 saturated heterocycles. The molecule has 0 unspecified atom stereocenters. The topological polar surface area (TPSA) is 42.0 Å². The van der Waals surface area contributed by atoms with Gasteiger partial charge >= 0.3 is 0 Å². The van der Waals surface area contributed by atoms with Crippen molar-refractivity contribution in [2.24, 2.45) is 0 Å². The number of thiazole rings is 1. The highest BCUT2D eigenvalue weighted by Gasteiger charge is 2.13. The number of para-hydroxylation sites is 1. The summed E-state index contributed by atoms with van der Waals surface area (Å²) in [6.45, 7) is 0. The van der Waals surface area contributed by atoms with Gasteiger partial charge in [-0.2, -0.15) is 0 Å². The average molecular weight is 368 g/mol. The summed E-state index contributed by atoms with van der Waals surface area (Å²) in [6.07, 6.45) is 0. The van der Waals surface area contributed by atoms with Gasteiger partial charge in [0.15, 0.2) is 5.13 Å². The number of rotatable bonds is 2. The lowest BCUT2D eigenvalue weighted by atomic mass is 10.2. The number of carbonyl (C=O) groups is 1. The van der Waals surface area contributed by atoms with E-state index in [-0.39, 0.29) is 5.91 Å². The van der Waals surface area contributed by atoms with E-state index in [1.165, 1.54) is 11.3 Å². The number of amides is 1. The minimum absolute atomic E-state index is 0.262. The highest BCUT2D eigenvalue weighted by Crippen LogP contribution is 2.27. The largest absolute Gasteiger partial charge is 0.298 e. The molecule has 2 aromatic carbocycles. The van der Waals surface area contributed by atoms with Crippen LogP contribution in [-0.4, -0.2) is 10.9 Å². The second kappa shape index (κ2) is 5.52. The first-order valence-electron chi connectivity index (χ1n) is 5.75. The van der Waals surface area contributed by atoms with Crippen molar-refractivity contribution in [3.63, 3.8) is 0 Å². The maximum absolute atomic E-state index is 12.2. The van der Waals surface area contributed by atoms with Gasteiger partial charge in [-0.05, 0) is 30.3 Å². The van der Waals surface area contributed by atoms with Crippen molar-refractivity contribution in [3.05, 3.63) is 57.5 Å². The lowest BCUT2D eigenvalue weighted by molar-refractivity contribution is 0.102. The summed E-state index contributed by atoms with van der Waals surface area (Å²) in [6, 6.07) is 12.9. The van der Waals surface area contributed by atoms with Gasteiger partial charge in [0.05, 0.1) is 20.8 Å². The van der Waals surface area contributed by atoms with E-state index >= 15 is 0 Å². The van der Waals surface area contributed by atoms with Crippen molar-refractivity contribution >= 4 is 60.1 Å². The Balaban J connectivity index is 1.88. The Morgan fingerprint density at radius 1 is 1.25 bits per heavy atom. The number of hydrogen-bond acceptors (Lipinski definition) is 3. The van der Waals surface area contributed by atoms with E-state index in [9.17, 15) is 4.79 Å². The molecule has 3 aromatic rings. The zero-order valence-electron chi connectivity index (χ0n) is 10.1. The average Bonchev–Trinajstić information content (AvgIpc) is 2.80. The van der Waals surface area contributed by atoms with Crippen molar-refractivity contribution in [1.82, 2.24) is 4.98 Å².